The molecule has 0 bridgehead atoms. The van der Waals surface area contributed by atoms with Crippen molar-refractivity contribution in [2.45, 2.75) is 25.5 Å². The van der Waals surface area contributed by atoms with Gasteiger partial charge in [-0.25, -0.2) is 0 Å². The molecule has 0 unspecified atom stereocenters. The van der Waals surface area contributed by atoms with E-state index in [9.17, 15) is 14.7 Å². The summed E-state index contributed by atoms with van der Waals surface area (Å²) in [6, 6.07) is 8.66. The van der Waals surface area contributed by atoms with E-state index in [0.717, 1.165) is 35.7 Å². The number of carbonyl (C=O) groups is 2. The zero-order valence-electron chi connectivity index (χ0n) is 18.0. The van der Waals surface area contributed by atoms with E-state index in [1.807, 2.05) is 36.6 Å². The van der Waals surface area contributed by atoms with Crippen molar-refractivity contribution >= 4 is 28.8 Å². The number of hydrogen-bond acceptors (Lipinski definition) is 7. The molecule has 7 nitrogen and oxygen atoms in total. The molecule has 2 fully saturated rings. The molecule has 0 radical (unpaired) electrons. The van der Waals surface area contributed by atoms with Crippen LogP contribution in [0.2, 0.25) is 0 Å². The summed E-state index contributed by atoms with van der Waals surface area (Å²) < 4.78 is 11.2. The first kappa shape index (κ1) is 21.2. The first-order valence-electron chi connectivity index (χ1n) is 10.9. The standard InChI is InChI=1S/C24H26N2O5S/c1-15-13-17-14-16(4-5-18(17)31-15)22(27)20-21(19-3-2-12-32-19)26(24(29)23(20)28)7-6-25-8-10-30-11-9-25/h2-5,12,14-15,21,27H,6-11,13H2,1H3/t15-,21+/m1/s1. The topological polar surface area (TPSA) is 79.3 Å². The minimum Gasteiger partial charge on any atom is -0.507 e. The molecular formula is C24H26N2O5S. The molecule has 1 aromatic carbocycles. The van der Waals surface area contributed by atoms with Crippen molar-refractivity contribution in [1.82, 2.24) is 9.80 Å². The Morgan fingerprint density at radius 2 is 2.00 bits per heavy atom. The lowest BCUT2D eigenvalue weighted by atomic mass is 9.98. The molecule has 5 rings (SSSR count). The van der Waals surface area contributed by atoms with Crippen molar-refractivity contribution in [3.8, 4) is 5.75 Å². The fourth-order valence-corrected chi connectivity index (χ4v) is 5.50. The van der Waals surface area contributed by atoms with Gasteiger partial charge >= 0.3 is 0 Å². The maximum atomic E-state index is 13.1. The molecule has 4 heterocycles. The monoisotopic (exact) mass is 454 g/mol. The van der Waals surface area contributed by atoms with Crippen LogP contribution in [0.15, 0.2) is 41.3 Å². The van der Waals surface area contributed by atoms with Gasteiger partial charge in [-0.05, 0) is 42.1 Å². The van der Waals surface area contributed by atoms with Crippen LogP contribution in [0.4, 0.5) is 0 Å². The zero-order valence-corrected chi connectivity index (χ0v) is 18.8. The predicted octanol–water partition coefficient (Wildman–Crippen LogP) is 2.83. The molecule has 2 atom stereocenters. The normalized spacial score (nSPS) is 25.2. The fourth-order valence-electron chi connectivity index (χ4n) is 4.65. The lowest BCUT2D eigenvalue weighted by Gasteiger charge is -2.30. The molecule has 0 aliphatic carbocycles. The third kappa shape index (κ3) is 3.83. The lowest BCUT2D eigenvalue weighted by Crippen LogP contribution is -2.42. The third-order valence-corrected chi connectivity index (χ3v) is 7.21. The van der Waals surface area contributed by atoms with Gasteiger partial charge in [0, 0.05) is 43.0 Å². The quantitative estimate of drug-likeness (QED) is 0.425. The van der Waals surface area contributed by atoms with E-state index in [-0.39, 0.29) is 17.4 Å². The second-order valence-corrected chi connectivity index (χ2v) is 9.40. The fraction of sp³-hybridized carbons (Fsp3) is 0.417. The van der Waals surface area contributed by atoms with E-state index in [4.69, 9.17) is 9.47 Å². The Labute approximate surface area is 190 Å². The number of morpholine rings is 1. The van der Waals surface area contributed by atoms with Crippen molar-refractivity contribution < 1.29 is 24.2 Å². The Kier molecular flexibility index (Phi) is 5.75. The van der Waals surface area contributed by atoms with Crippen molar-refractivity contribution in [3.63, 3.8) is 0 Å². The Morgan fingerprint density at radius 1 is 1.19 bits per heavy atom. The minimum absolute atomic E-state index is 0.0827. The van der Waals surface area contributed by atoms with Gasteiger partial charge < -0.3 is 19.5 Å². The molecule has 2 aromatic rings. The van der Waals surface area contributed by atoms with Crippen LogP contribution in [-0.2, 0) is 20.7 Å². The number of ether oxygens (including phenoxy) is 2. The van der Waals surface area contributed by atoms with Gasteiger partial charge in [0.1, 0.15) is 17.6 Å². The summed E-state index contributed by atoms with van der Waals surface area (Å²) in [7, 11) is 0. The number of hydrogen-bond donors (Lipinski definition) is 1. The first-order chi connectivity index (χ1) is 15.5. The number of thiophene rings is 1. The lowest BCUT2D eigenvalue weighted by molar-refractivity contribution is -0.140. The van der Waals surface area contributed by atoms with Gasteiger partial charge in [-0.3, -0.25) is 14.5 Å². The maximum absolute atomic E-state index is 13.1. The van der Waals surface area contributed by atoms with E-state index in [2.05, 4.69) is 4.90 Å². The van der Waals surface area contributed by atoms with E-state index < -0.39 is 17.7 Å². The van der Waals surface area contributed by atoms with Crippen LogP contribution >= 0.6 is 11.3 Å². The average molecular weight is 455 g/mol. The number of fused-ring (bicyclic) bond motifs is 1. The number of ketones is 1. The number of aliphatic hydroxyl groups excluding tert-OH is 1. The Balaban J connectivity index is 1.49. The molecule has 32 heavy (non-hydrogen) atoms. The molecule has 0 saturated carbocycles. The second kappa shape index (κ2) is 8.69. The Bertz CT molecular complexity index is 1060. The number of likely N-dealkylation sites (tertiary alicyclic amines) is 1. The zero-order chi connectivity index (χ0) is 22.2. The third-order valence-electron chi connectivity index (χ3n) is 6.28. The summed E-state index contributed by atoms with van der Waals surface area (Å²) in [4.78, 5) is 30.8. The molecule has 3 aliphatic heterocycles. The highest BCUT2D eigenvalue weighted by molar-refractivity contribution is 7.10. The maximum Gasteiger partial charge on any atom is 0.295 e. The highest BCUT2D eigenvalue weighted by Crippen LogP contribution is 2.41. The van der Waals surface area contributed by atoms with Gasteiger partial charge in [0.25, 0.3) is 11.7 Å². The summed E-state index contributed by atoms with van der Waals surface area (Å²) >= 11 is 1.48. The molecule has 3 aliphatic rings. The van der Waals surface area contributed by atoms with E-state index in [0.29, 0.717) is 31.9 Å². The van der Waals surface area contributed by atoms with Gasteiger partial charge in [0.05, 0.1) is 24.8 Å². The molecule has 168 valence electrons. The largest absolute Gasteiger partial charge is 0.507 e. The summed E-state index contributed by atoms with van der Waals surface area (Å²) in [5.41, 5.74) is 1.69. The molecule has 1 amide bonds. The molecular weight excluding hydrogens is 428 g/mol. The highest BCUT2D eigenvalue weighted by Gasteiger charge is 2.46. The van der Waals surface area contributed by atoms with Gasteiger partial charge in [-0.2, -0.15) is 0 Å². The molecule has 0 spiro atoms. The van der Waals surface area contributed by atoms with Gasteiger partial charge in [0.2, 0.25) is 0 Å². The number of Topliss-reactive ketones (excluding diaryl/α,β-unsaturated/α-hetero) is 1. The van der Waals surface area contributed by atoms with Crippen molar-refractivity contribution in [2.24, 2.45) is 0 Å². The number of rotatable bonds is 5. The van der Waals surface area contributed by atoms with Gasteiger partial charge in [-0.15, -0.1) is 11.3 Å². The molecule has 8 heteroatoms. The van der Waals surface area contributed by atoms with Crippen molar-refractivity contribution in [3.05, 3.63) is 57.3 Å². The average Bonchev–Trinajstić information content (AvgIpc) is 3.51. The minimum atomic E-state index is -0.631. The summed E-state index contributed by atoms with van der Waals surface area (Å²) in [6.45, 7) is 6.04. The SMILES string of the molecule is C[C@@H]1Cc2cc(C(O)=C3C(=O)C(=O)N(CCN4CCOCC4)[C@H]3c3cccs3)ccc2O1. The van der Waals surface area contributed by atoms with Crippen LogP contribution in [0, 0.1) is 0 Å². The summed E-state index contributed by atoms with van der Waals surface area (Å²) in [6.07, 6.45) is 0.831. The molecule has 2 saturated heterocycles. The van der Waals surface area contributed by atoms with Gasteiger partial charge in [0.15, 0.2) is 0 Å². The molecule has 1 aromatic heterocycles. The number of aliphatic hydroxyl groups is 1. The number of carbonyl (C=O) groups excluding carboxylic acids is 2. The van der Waals surface area contributed by atoms with Crippen LogP contribution < -0.4 is 4.74 Å². The van der Waals surface area contributed by atoms with E-state index >= 15 is 0 Å². The van der Waals surface area contributed by atoms with Crippen LogP contribution in [0.1, 0.15) is 29.0 Å². The number of amides is 1. The van der Waals surface area contributed by atoms with Crippen LogP contribution in [0.5, 0.6) is 5.75 Å². The van der Waals surface area contributed by atoms with E-state index in [1.54, 1.807) is 11.0 Å². The predicted molar refractivity (Wildman–Crippen MR) is 121 cm³/mol. The number of benzene rings is 1. The number of nitrogens with zero attached hydrogens (tertiary/aromatic N) is 2. The first-order valence-corrected chi connectivity index (χ1v) is 11.8. The van der Waals surface area contributed by atoms with Crippen LogP contribution in [0.3, 0.4) is 0 Å². The molecule has 1 N–H and O–H groups in total. The summed E-state index contributed by atoms with van der Waals surface area (Å²) in [5.74, 6) is -0.517. The Hall–Kier alpha value is -2.68. The summed E-state index contributed by atoms with van der Waals surface area (Å²) in [5, 5.41) is 13.1. The van der Waals surface area contributed by atoms with Crippen molar-refractivity contribution in [1.29, 1.82) is 0 Å². The second-order valence-electron chi connectivity index (χ2n) is 8.42. The van der Waals surface area contributed by atoms with Crippen LogP contribution in [0.25, 0.3) is 5.76 Å². The smallest absolute Gasteiger partial charge is 0.295 e. The highest BCUT2D eigenvalue weighted by atomic mass is 32.1. The Morgan fingerprint density at radius 3 is 2.75 bits per heavy atom. The van der Waals surface area contributed by atoms with Crippen LogP contribution in [-0.4, -0.2) is 72.1 Å². The van der Waals surface area contributed by atoms with Gasteiger partial charge in [-0.1, -0.05) is 6.07 Å². The van der Waals surface area contributed by atoms with Crippen molar-refractivity contribution in [2.75, 3.05) is 39.4 Å². The van der Waals surface area contributed by atoms with E-state index in [1.165, 1.54) is 11.3 Å².